The highest BCUT2D eigenvalue weighted by atomic mass is 15.2. The molecular weight excluding hydrogens is 845 g/mol. The molecular formula is C68H54N2. The van der Waals surface area contributed by atoms with E-state index < -0.39 is 0 Å². The van der Waals surface area contributed by atoms with E-state index in [2.05, 4.69) is 254 Å². The Morgan fingerprint density at radius 1 is 0.386 bits per heavy atom. The summed E-state index contributed by atoms with van der Waals surface area (Å²) < 4.78 is 0. The first kappa shape index (κ1) is 41.1. The van der Waals surface area contributed by atoms with Gasteiger partial charge in [-0.05, 0) is 176 Å². The van der Waals surface area contributed by atoms with Crippen molar-refractivity contribution in [2.75, 3.05) is 9.80 Å². The van der Waals surface area contributed by atoms with E-state index in [0.29, 0.717) is 11.8 Å². The highest BCUT2D eigenvalue weighted by Gasteiger charge is 2.62. The van der Waals surface area contributed by atoms with E-state index in [1.54, 1.807) is 0 Å². The summed E-state index contributed by atoms with van der Waals surface area (Å²) in [7, 11) is 0. The highest BCUT2D eigenvalue weighted by molar-refractivity contribution is 6.04. The molecule has 0 aliphatic heterocycles. The van der Waals surface area contributed by atoms with Crippen molar-refractivity contribution in [2.24, 2.45) is 11.8 Å². The van der Waals surface area contributed by atoms with Crippen molar-refractivity contribution in [3.05, 3.63) is 264 Å². The average molecular weight is 899 g/mol. The number of hydrogen-bond donors (Lipinski definition) is 0. The van der Waals surface area contributed by atoms with E-state index in [4.69, 9.17) is 0 Å². The van der Waals surface area contributed by atoms with Crippen molar-refractivity contribution in [3.8, 4) is 33.4 Å². The lowest BCUT2D eigenvalue weighted by atomic mass is 9.68. The molecule has 4 aliphatic carbocycles. The fraction of sp³-hybridized carbons (Fsp3) is 0.147. The molecule has 0 amide bonds. The van der Waals surface area contributed by atoms with Gasteiger partial charge in [-0.25, -0.2) is 0 Å². The molecule has 70 heavy (non-hydrogen) atoms. The Labute approximate surface area is 412 Å². The third-order valence-electron chi connectivity index (χ3n) is 16.9. The van der Waals surface area contributed by atoms with E-state index in [-0.39, 0.29) is 10.8 Å². The van der Waals surface area contributed by atoms with Gasteiger partial charge < -0.3 is 9.80 Å². The lowest BCUT2D eigenvalue weighted by Gasteiger charge is -2.40. The summed E-state index contributed by atoms with van der Waals surface area (Å²) in [5, 5.41) is 2.52. The van der Waals surface area contributed by atoms with Crippen LogP contribution >= 0.6 is 0 Å². The molecule has 336 valence electrons. The maximum absolute atomic E-state index is 2.64. The third kappa shape index (κ3) is 5.99. The van der Waals surface area contributed by atoms with Crippen LogP contribution < -0.4 is 9.80 Å². The molecule has 0 aromatic heterocycles. The SMILES string of the molecule is CC1(C)c2ccccc2-c2ccc(N(c3ccc(-c4ccc5ccccc5c4-c4ccccc4)cc3)c3cccc4c3C35c6c(cccc6N(c6ccccc6)c6ccccc6)CC3CCC5C4)cc21. The lowest BCUT2D eigenvalue weighted by molar-refractivity contribution is 0.350. The molecule has 0 N–H and O–H groups in total. The van der Waals surface area contributed by atoms with E-state index in [0.717, 1.165) is 12.8 Å². The molecule has 3 atom stereocenters. The van der Waals surface area contributed by atoms with Crippen molar-refractivity contribution in [1.29, 1.82) is 0 Å². The van der Waals surface area contributed by atoms with E-state index >= 15 is 0 Å². The van der Waals surface area contributed by atoms with Gasteiger partial charge in [-0.1, -0.05) is 184 Å². The summed E-state index contributed by atoms with van der Waals surface area (Å²) in [5.74, 6) is 1.01. The first-order valence-electron chi connectivity index (χ1n) is 25.4. The second kappa shape index (κ2) is 15.8. The van der Waals surface area contributed by atoms with Crippen LogP contribution in [0.15, 0.2) is 231 Å². The largest absolute Gasteiger partial charge is 0.310 e. The molecule has 14 rings (SSSR count). The molecule has 1 fully saturated rings. The molecule has 2 heteroatoms. The zero-order valence-corrected chi connectivity index (χ0v) is 39.8. The van der Waals surface area contributed by atoms with Gasteiger partial charge in [-0.3, -0.25) is 0 Å². The Morgan fingerprint density at radius 3 is 1.56 bits per heavy atom. The number of anilines is 6. The van der Waals surface area contributed by atoms with Crippen LogP contribution in [0.25, 0.3) is 44.2 Å². The van der Waals surface area contributed by atoms with Crippen molar-refractivity contribution < 1.29 is 0 Å². The Bertz CT molecular complexity index is 3600. The second-order valence-corrected chi connectivity index (χ2v) is 20.7. The lowest BCUT2D eigenvalue weighted by Crippen LogP contribution is -2.34. The van der Waals surface area contributed by atoms with Crippen LogP contribution in [0, 0.1) is 11.8 Å². The topological polar surface area (TPSA) is 6.48 Å². The van der Waals surface area contributed by atoms with Gasteiger partial charge in [0.15, 0.2) is 0 Å². The summed E-state index contributed by atoms with van der Waals surface area (Å²) in [5.41, 5.74) is 23.6. The summed E-state index contributed by atoms with van der Waals surface area (Å²) in [6.45, 7) is 4.81. The first-order chi connectivity index (χ1) is 34.5. The minimum absolute atomic E-state index is 0.141. The van der Waals surface area contributed by atoms with Crippen molar-refractivity contribution in [1.82, 2.24) is 0 Å². The standard InChI is InChI=1S/C68H54N2/c1-67(2)60-29-15-14-28-58(60)59-41-39-55(44-61(59)67)70(54-37-32-46(33-38-54)57-40-34-45-18-12-13-27-56(45)64(57)47-19-6-3-7-20-47)63-31-17-22-49-43-51-36-35-50-42-48-21-16-30-62(65(48)68(50,51)66(49)63)69(52-23-8-4-9-24-52)53-25-10-5-11-26-53/h3-34,37-41,44,50-51H,35-36,42-43H2,1-2H3. The molecule has 0 heterocycles. The van der Waals surface area contributed by atoms with Gasteiger partial charge in [-0.2, -0.15) is 0 Å². The molecule has 0 saturated heterocycles. The predicted octanol–water partition coefficient (Wildman–Crippen LogP) is 17.8. The maximum atomic E-state index is 2.64. The summed E-state index contributed by atoms with van der Waals surface area (Å²) >= 11 is 0. The van der Waals surface area contributed by atoms with Crippen molar-refractivity contribution in [2.45, 2.75) is 50.4 Å². The van der Waals surface area contributed by atoms with Crippen LogP contribution in [0.5, 0.6) is 0 Å². The monoisotopic (exact) mass is 898 g/mol. The number of nitrogens with zero attached hydrogens (tertiary/aromatic N) is 2. The minimum atomic E-state index is -0.153. The fourth-order valence-electron chi connectivity index (χ4n) is 14.1. The number of para-hydroxylation sites is 2. The van der Waals surface area contributed by atoms with Gasteiger partial charge in [0, 0.05) is 33.6 Å². The Balaban J connectivity index is 0.991. The van der Waals surface area contributed by atoms with Crippen LogP contribution in [0.1, 0.15) is 60.1 Å². The first-order valence-corrected chi connectivity index (χ1v) is 25.4. The Morgan fingerprint density at radius 2 is 0.900 bits per heavy atom. The molecule has 10 aromatic carbocycles. The van der Waals surface area contributed by atoms with Crippen LogP contribution in [0.2, 0.25) is 0 Å². The maximum Gasteiger partial charge on any atom is 0.0505 e. The van der Waals surface area contributed by atoms with E-state index in [9.17, 15) is 0 Å². The Kier molecular flexibility index (Phi) is 9.27. The van der Waals surface area contributed by atoms with Crippen molar-refractivity contribution >= 4 is 44.9 Å². The summed E-state index contributed by atoms with van der Waals surface area (Å²) in [6, 6.07) is 86.7. The van der Waals surface area contributed by atoms with Gasteiger partial charge in [0.05, 0.1) is 11.4 Å². The number of hydrogen-bond acceptors (Lipinski definition) is 2. The number of rotatable bonds is 8. The number of fused-ring (bicyclic) bond motifs is 6. The summed E-state index contributed by atoms with van der Waals surface area (Å²) in [6.07, 6.45) is 4.66. The van der Waals surface area contributed by atoms with Crippen LogP contribution in [-0.2, 0) is 23.7 Å². The zero-order valence-electron chi connectivity index (χ0n) is 39.8. The average Bonchev–Trinajstić information content (AvgIpc) is 4.11. The molecule has 2 nitrogen and oxygen atoms in total. The van der Waals surface area contributed by atoms with Gasteiger partial charge in [-0.15, -0.1) is 0 Å². The van der Waals surface area contributed by atoms with Crippen LogP contribution in [0.4, 0.5) is 34.1 Å². The fourth-order valence-corrected chi connectivity index (χ4v) is 14.1. The summed E-state index contributed by atoms with van der Waals surface area (Å²) in [4.78, 5) is 5.18. The molecule has 0 bridgehead atoms. The second-order valence-electron chi connectivity index (χ2n) is 20.7. The smallest absolute Gasteiger partial charge is 0.0505 e. The van der Waals surface area contributed by atoms with E-state index in [1.807, 2.05) is 0 Å². The van der Waals surface area contributed by atoms with Gasteiger partial charge in [0.2, 0.25) is 0 Å². The third-order valence-corrected chi connectivity index (χ3v) is 16.9. The molecule has 1 spiro atoms. The van der Waals surface area contributed by atoms with Gasteiger partial charge >= 0.3 is 0 Å². The van der Waals surface area contributed by atoms with Gasteiger partial charge in [0.25, 0.3) is 0 Å². The Hall–Kier alpha value is -7.94. The molecule has 4 aliphatic rings. The molecule has 1 saturated carbocycles. The molecule has 3 unspecified atom stereocenters. The molecule has 10 aromatic rings. The molecule has 0 radical (unpaired) electrons. The quantitative estimate of drug-likeness (QED) is 0.150. The predicted molar refractivity (Wildman–Crippen MR) is 293 cm³/mol. The minimum Gasteiger partial charge on any atom is -0.310 e. The zero-order chi connectivity index (χ0) is 46.6. The van der Waals surface area contributed by atoms with Crippen LogP contribution in [0.3, 0.4) is 0 Å². The van der Waals surface area contributed by atoms with Crippen molar-refractivity contribution in [3.63, 3.8) is 0 Å². The normalized spacial score (nSPS) is 18.7. The van der Waals surface area contributed by atoms with E-state index in [1.165, 1.54) is 124 Å². The highest BCUT2D eigenvalue weighted by Crippen LogP contribution is 2.69. The van der Waals surface area contributed by atoms with Gasteiger partial charge in [0.1, 0.15) is 0 Å². The van der Waals surface area contributed by atoms with Crippen LogP contribution in [-0.4, -0.2) is 0 Å². The number of benzene rings is 10.